The topological polar surface area (TPSA) is 17.1 Å². The van der Waals surface area contributed by atoms with Crippen LogP contribution in [0.25, 0.3) is 4.48 Å². The van der Waals surface area contributed by atoms with Gasteiger partial charge in [-0.25, -0.2) is 0 Å². The summed E-state index contributed by atoms with van der Waals surface area (Å²) in [4.78, 5) is 10.8. The summed E-state index contributed by atoms with van der Waals surface area (Å²) in [5.41, 5.74) is 0.944. The van der Waals surface area contributed by atoms with Crippen LogP contribution in [0.4, 0.5) is 0 Å². The Kier molecular flexibility index (Phi) is 3.70. The number of halogens is 2. The van der Waals surface area contributed by atoms with Crippen LogP contribution in [-0.2, 0) is 4.79 Å². The van der Waals surface area contributed by atoms with Crippen LogP contribution < -0.4 is 0 Å². The first kappa shape index (κ1) is 10.5. The summed E-state index contributed by atoms with van der Waals surface area (Å²) < 4.78 is 0.775. The minimum atomic E-state index is 0.0156. The van der Waals surface area contributed by atoms with Gasteiger partial charge in [0.2, 0.25) is 0 Å². The second-order valence-corrected chi connectivity index (χ2v) is 3.90. The fourth-order valence-corrected chi connectivity index (χ4v) is 1.58. The van der Waals surface area contributed by atoms with Crippen LogP contribution in [0.15, 0.2) is 30.3 Å². The predicted molar refractivity (Wildman–Crippen MR) is 59.0 cm³/mol. The summed E-state index contributed by atoms with van der Waals surface area (Å²) in [5.74, 6) is 0.0156. The van der Waals surface area contributed by atoms with Crippen LogP contribution in [0.3, 0.4) is 0 Å². The van der Waals surface area contributed by atoms with Crippen molar-refractivity contribution in [2.24, 2.45) is 0 Å². The van der Waals surface area contributed by atoms with E-state index in [9.17, 15) is 4.79 Å². The van der Waals surface area contributed by atoms with E-state index < -0.39 is 0 Å². The van der Waals surface area contributed by atoms with Gasteiger partial charge in [0.15, 0.2) is 5.78 Å². The predicted octanol–water partition coefficient (Wildman–Crippen LogP) is 3.66. The highest BCUT2D eigenvalue weighted by Crippen LogP contribution is 2.22. The van der Waals surface area contributed by atoms with E-state index in [0.717, 1.165) is 10.0 Å². The Morgan fingerprint density at radius 1 is 1.38 bits per heavy atom. The number of hydrogen-bond acceptors (Lipinski definition) is 1. The number of carbonyl (C=O) groups excluding carboxylic acids is 1. The van der Waals surface area contributed by atoms with Gasteiger partial charge in [0, 0.05) is 9.51 Å². The third kappa shape index (κ3) is 3.33. The lowest BCUT2D eigenvalue weighted by molar-refractivity contribution is -0.112. The van der Waals surface area contributed by atoms with Crippen molar-refractivity contribution in [2.75, 3.05) is 0 Å². The number of ketones is 1. The number of rotatable bonds is 2. The highest BCUT2D eigenvalue weighted by Gasteiger charge is 1.98. The van der Waals surface area contributed by atoms with Crippen molar-refractivity contribution < 1.29 is 4.79 Å². The molecule has 0 bridgehead atoms. The van der Waals surface area contributed by atoms with Crippen molar-refractivity contribution in [1.82, 2.24) is 0 Å². The molecule has 0 atom stereocenters. The van der Waals surface area contributed by atoms with E-state index in [2.05, 4.69) is 15.9 Å². The van der Waals surface area contributed by atoms with Crippen LogP contribution >= 0.6 is 27.5 Å². The molecular formula is C10H8BrClO. The third-order valence-electron chi connectivity index (χ3n) is 1.45. The molecule has 0 aliphatic heterocycles. The van der Waals surface area contributed by atoms with Crippen molar-refractivity contribution >= 4 is 37.8 Å². The Morgan fingerprint density at radius 3 is 2.38 bits per heavy atom. The first-order chi connectivity index (χ1) is 6.09. The molecule has 68 valence electrons. The molecule has 0 aromatic heterocycles. The van der Waals surface area contributed by atoms with Gasteiger partial charge in [-0.3, -0.25) is 4.79 Å². The number of carbonyl (C=O) groups is 1. The lowest BCUT2D eigenvalue weighted by atomic mass is 10.2. The summed E-state index contributed by atoms with van der Waals surface area (Å²) in [6.07, 6.45) is 1.53. The summed E-state index contributed by atoms with van der Waals surface area (Å²) in [5, 5.41) is 0.687. The van der Waals surface area contributed by atoms with E-state index >= 15 is 0 Å². The molecule has 1 aromatic rings. The lowest BCUT2D eigenvalue weighted by Gasteiger charge is -1.98. The maximum absolute atomic E-state index is 10.8. The molecule has 0 amide bonds. The van der Waals surface area contributed by atoms with Crippen molar-refractivity contribution in [3.63, 3.8) is 0 Å². The molecule has 0 aliphatic rings. The lowest BCUT2D eigenvalue weighted by Crippen LogP contribution is -1.83. The Hall–Kier alpha value is -0.600. The molecule has 1 nitrogen and oxygen atoms in total. The summed E-state index contributed by atoms with van der Waals surface area (Å²) in [7, 11) is 0. The van der Waals surface area contributed by atoms with Crippen LogP contribution in [0.2, 0.25) is 5.02 Å². The minimum Gasteiger partial charge on any atom is -0.295 e. The molecule has 13 heavy (non-hydrogen) atoms. The van der Waals surface area contributed by atoms with Gasteiger partial charge in [-0.05, 0) is 30.7 Å². The van der Waals surface area contributed by atoms with Crippen LogP contribution in [0, 0.1) is 0 Å². The minimum absolute atomic E-state index is 0.0156. The molecule has 0 aliphatic carbocycles. The Labute approximate surface area is 90.5 Å². The molecule has 0 spiro atoms. The van der Waals surface area contributed by atoms with E-state index in [4.69, 9.17) is 11.6 Å². The van der Waals surface area contributed by atoms with Crippen molar-refractivity contribution in [3.05, 3.63) is 40.9 Å². The van der Waals surface area contributed by atoms with Crippen LogP contribution in [-0.4, -0.2) is 5.78 Å². The fourth-order valence-electron chi connectivity index (χ4n) is 0.871. The molecule has 0 unspecified atom stereocenters. The fraction of sp³-hybridized carbons (Fsp3) is 0.100. The highest BCUT2D eigenvalue weighted by molar-refractivity contribution is 9.15. The average molecular weight is 260 g/mol. The van der Waals surface area contributed by atoms with E-state index in [1.165, 1.54) is 13.0 Å². The molecule has 0 fully saturated rings. The van der Waals surface area contributed by atoms with Gasteiger partial charge < -0.3 is 0 Å². The molecule has 0 N–H and O–H groups in total. The zero-order chi connectivity index (χ0) is 9.84. The zero-order valence-corrected chi connectivity index (χ0v) is 9.39. The van der Waals surface area contributed by atoms with Crippen molar-refractivity contribution in [2.45, 2.75) is 6.92 Å². The average Bonchev–Trinajstić information content (AvgIpc) is 2.04. The van der Waals surface area contributed by atoms with Gasteiger partial charge in [0.05, 0.1) is 0 Å². The van der Waals surface area contributed by atoms with E-state index in [-0.39, 0.29) is 5.78 Å². The summed E-state index contributed by atoms with van der Waals surface area (Å²) in [6.45, 7) is 1.51. The molecular weight excluding hydrogens is 251 g/mol. The van der Waals surface area contributed by atoms with Gasteiger partial charge in [-0.1, -0.05) is 39.7 Å². The van der Waals surface area contributed by atoms with Gasteiger partial charge >= 0.3 is 0 Å². The molecule has 0 heterocycles. The Morgan fingerprint density at radius 2 is 1.92 bits per heavy atom. The van der Waals surface area contributed by atoms with Gasteiger partial charge in [0.25, 0.3) is 0 Å². The third-order valence-corrected chi connectivity index (χ3v) is 2.39. The normalized spacial score (nSPS) is 11.5. The monoisotopic (exact) mass is 258 g/mol. The molecule has 0 saturated heterocycles. The SMILES string of the molecule is CC(=O)C=C(Br)c1ccc(Cl)cc1. The largest absolute Gasteiger partial charge is 0.295 e. The first-order valence-electron chi connectivity index (χ1n) is 3.73. The molecule has 0 saturated carbocycles. The van der Waals surface area contributed by atoms with Crippen molar-refractivity contribution in [3.8, 4) is 0 Å². The summed E-state index contributed by atoms with van der Waals surface area (Å²) >= 11 is 9.03. The zero-order valence-electron chi connectivity index (χ0n) is 7.05. The number of allylic oxidation sites excluding steroid dienone is 1. The second kappa shape index (κ2) is 4.58. The molecule has 3 heteroatoms. The smallest absolute Gasteiger partial charge is 0.153 e. The van der Waals surface area contributed by atoms with Crippen LogP contribution in [0.5, 0.6) is 0 Å². The maximum Gasteiger partial charge on any atom is 0.153 e. The highest BCUT2D eigenvalue weighted by atomic mass is 79.9. The maximum atomic E-state index is 10.8. The van der Waals surface area contributed by atoms with Crippen molar-refractivity contribution in [1.29, 1.82) is 0 Å². The van der Waals surface area contributed by atoms with Gasteiger partial charge in [-0.2, -0.15) is 0 Å². The number of benzene rings is 1. The number of hydrogen-bond donors (Lipinski definition) is 0. The summed E-state index contributed by atoms with van der Waals surface area (Å²) in [6, 6.07) is 7.27. The first-order valence-corrected chi connectivity index (χ1v) is 4.90. The molecule has 1 aromatic carbocycles. The standard InChI is InChI=1S/C10H8BrClO/c1-7(13)6-10(11)8-2-4-9(12)5-3-8/h2-6H,1H3. The van der Waals surface area contributed by atoms with E-state index in [1.807, 2.05) is 12.1 Å². The quantitative estimate of drug-likeness (QED) is 0.741. The Bertz CT molecular complexity index is 340. The van der Waals surface area contributed by atoms with E-state index in [0.29, 0.717) is 5.02 Å². The molecule has 1 rings (SSSR count). The van der Waals surface area contributed by atoms with E-state index in [1.54, 1.807) is 12.1 Å². The van der Waals surface area contributed by atoms with Gasteiger partial charge in [-0.15, -0.1) is 0 Å². The van der Waals surface area contributed by atoms with Gasteiger partial charge in [0.1, 0.15) is 0 Å². The van der Waals surface area contributed by atoms with Crippen LogP contribution in [0.1, 0.15) is 12.5 Å². The second-order valence-electron chi connectivity index (χ2n) is 2.61. The Balaban J connectivity index is 2.96. The molecule has 0 radical (unpaired) electrons.